The molecule has 3 N–H and O–H groups in total. The van der Waals surface area contributed by atoms with E-state index < -0.39 is 23.6 Å². The fourth-order valence-corrected chi connectivity index (χ4v) is 2.73. The lowest BCUT2D eigenvalue weighted by Crippen LogP contribution is -2.38. The molecule has 0 saturated heterocycles. The molecule has 6 nitrogen and oxygen atoms in total. The Balaban J connectivity index is 1.87. The van der Waals surface area contributed by atoms with Crippen LogP contribution in [0.1, 0.15) is 19.7 Å². The van der Waals surface area contributed by atoms with Gasteiger partial charge in [-0.3, -0.25) is 10.1 Å². The number of carbonyl (C=O) groups excluding carboxylic acids is 1. The van der Waals surface area contributed by atoms with E-state index in [0.29, 0.717) is 18.8 Å². The van der Waals surface area contributed by atoms with E-state index >= 15 is 0 Å². The molecule has 0 radical (unpaired) electrons. The summed E-state index contributed by atoms with van der Waals surface area (Å²) in [5.74, 6) is -0.892. The Morgan fingerprint density at radius 3 is 2.59 bits per heavy atom. The number of imidazole rings is 1. The van der Waals surface area contributed by atoms with Crippen LogP contribution >= 0.6 is 0 Å². The lowest BCUT2D eigenvalue weighted by Gasteiger charge is -2.11. The second-order valence-electron chi connectivity index (χ2n) is 6.11. The Labute approximate surface area is 154 Å². The van der Waals surface area contributed by atoms with Gasteiger partial charge in [-0.2, -0.15) is 0 Å². The zero-order valence-corrected chi connectivity index (χ0v) is 15.0. The summed E-state index contributed by atoms with van der Waals surface area (Å²) < 4.78 is 34.0. The van der Waals surface area contributed by atoms with Crippen LogP contribution in [0.5, 0.6) is 11.5 Å². The fraction of sp³-hybridized carbons (Fsp3) is 0.263. The van der Waals surface area contributed by atoms with Crippen LogP contribution in [0.2, 0.25) is 0 Å². The first-order valence-electron chi connectivity index (χ1n) is 8.53. The first-order valence-corrected chi connectivity index (χ1v) is 8.53. The zero-order valence-electron chi connectivity index (χ0n) is 15.0. The van der Waals surface area contributed by atoms with Gasteiger partial charge in [0.2, 0.25) is 5.91 Å². The molecule has 142 valence electrons. The summed E-state index contributed by atoms with van der Waals surface area (Å²) in [7, 11) is 0. The van der Waals surface area contributed by atoms with Crippen LogP contribution in [0.3, 0.4) is 0 Å². The molecule has 1 heterocycles. The number of aromatic nitrogens is 2. The number of hydrogen-bond acceptors (Lipinski definition) is 4. The monoisotopic (exact) mass is 374 g/mol. The van der Waals surface area contributed by atoms with Crippen molar-refractivity contribution >= 4 is 16.9 Å². The predicted octanol–water partition coefficient (Wildman–Crippen LogP) is 3.09. The molecule has 1 amide bonds. The average molecular weight is 374 g/mol. The Kier molecular flexibility index (Phi) is 5.36. The summed E-state index contributed by atoms with van der Waals surface area (Å²) >= 11 is 0. The van der Waals surface area contributed by atoms with E-state index in [2.05, 4.69) is 10.3 Å². The summed E-state index contributed by atoms with van der Waals surface area (Å²) in [6.07, 6.45) is 0. The number of nitrogens with zero attached hydrogens (tertiary/aromatic N) is 2. The standard InChI is InChI=1S/C19H20F2N4O2/c1-3-25-17-9-13(27-12-4-6-14(20)15(21)8-12)5-7-16(17)24-18(25)10-23-11(2)19(22)26/h4-9,11,23H,3,10H2,1-2H3,(H2,22,26)/t11-/m0/s1. The molecule has 1 aromatic heterocycles. The smallest absolute Gasteiger partial charge is 0.234 e. The van der Waals surface area contributed by atoms with Crippen molar-refractivity contribution in [2.45, 2.75) is 33.0 Å². The van der Waals surface area contributed by atoms with Crippen molar-refractivity contribution in [2.75, 3.05) is 0 Å². The Morgan fingerprint density at radius 1 is 1.22 bits per heavy atom. The van der Waals surface area contributed by atoms with Gasteiger partial charge in [0.15, 0.2) is 11.6 Å². The highest BCUT2D eigenvalue weighted by Gasteiger charge is 2.14. The summed E-state index contributed by atoms with van der Waals surface area (Å²) in [4.78, 5) is 15.7. The van der Waals surface area contributed by atoms with Crippen molar-refractivity contribution in [3.63, 3.8) is 0 Å². The number of aryl methyl sites for hydroxylation is 1. The van der Waals surface area contributed by atoms with E-state index in [4.69, 9.17) is 10.5 Å². The molecule has 0 aliphatic heterocycles. The van der Waals surface area contributed by atoms with Gasteiger partial charge in [-0.1, -0.05) is 0 Å². The van der Waals surface area contributed by atoms with Crippen LogP contribution in [0, 0.1) is 11.6 Å². The molecule has 1 atom stereocenters. The van der Waals surface area contributed by atoms with Crippen molar-refractivity contribution in [3.8, 4) is 11.5 Å². The molecular weight excluding hydrogens is 354 g/mol. The highest BCUT2D eigenvalue weighted by atomic mass is 19.2. The van der Waals surface area contributed by atoms with Gasteiger partial charge >= 0.3 is 0 Å². The predicted molar refractivity (Wildman–Crippen MR) is 97.3 cm³/mol. The van der Waals surface area contributed by atoms with Gasteiger partial charge < -0.3 is 15.0 Å². The SMILES string of the molecule is CCn1c(CN[C@@H](C)C(N)=O)nc2ccc(Oc3ccc(F)c(F)c3)cc21. The molecule has 0 unspecified atom stereocenters. The molecule has 0 spiro atoms. The van der Waals surface area contributed by atoms with Crippen LogP contribution in [-0.2, 0) is 17.9 Å². The average Bonchev–Trinajstić information content (AvgIpc) is 2.99. The highest BCUT2D eigenvalue weighted by molar-refractivity contribution is 5.79. The second-order valence-corrected chi connectivity index (χ2v) is 6.11. The number of hydrogen-bond donors (Lipinski definition) is 2. The third-order valence-electron chi connectivity index (χ3n) is 4.23. The maximum atomic E-state index is 13.4. The van der Waals surface area contributed by atoms with Crippen molar-refractivity contribution in [3.05, 3.63) is 53.9 Å². The Morgan fingerprint density at radius 2 is 1.93 bits per heavy atom. The molecule has 0 bridgehead atoms. The van der Waals surface area contributed by atoms with E-state index in [-0.39, 0.29) is 5.75 Å². The van der Waals surface area contributed by atoms with E-state index in [9.17, 15) is 13.6 Å². The minimum atomic E-state index is -0.968. The summed E-state index contributed by atoms with van der Waals surface area (Å²) in [5, 5.41) is 3.03. The zero-order chi connectivity index (χ0) is 19.6. The van der Waals surface area contributed by atoms with E-state index in [1.165, 1.54) is 6.07 Å². The van der Waals surface area contributed by atoms with E-state index in [1.54, 1.807) is 25.1 Å². The fourth-order valence-electron chi connectivity index (χ4n) is 2.73. The van der Waals surface area contributed by atoms with Gasteiger partial charge in [0.25, 0.3) is 0 Å². The number of ether oxygens (including phenoxy) is 1. The Hall–Kier alpha value is -3.00. The normalized spacial score (nSPS) is 12.3. The molecule has 0 saturated carbocycles. The molecule has 0 fully saturated rings. The van der Waals surface area contributed by atoms with Crippen molar-refractivity contribution in [1.29, 1.82) is 0 Å². The summed E-state index contributed by atoms with van der Waals surface area (Å²) in [6, 6.07) is 8.19. The molecule has 2 aromatic carbocycles. The number of benzene rings is 2. The number of halogens is 2. The van der Waals surface area contributed by atoms with Gasteiger partial charge in [-0.05, 0) is 38.1 Å². The van der Waals surface area contributed by atoms with Crippen LogP contribution in [0.25, 0.3) is 11.0 Å². The minimum Gasteiger partial charge on any atom is -0.457 e. The van der Waals surface area contributed by atoms with Crippen LogP contribution in [0.4, 0.5) is 8.78 Å². The summed E-state index contributed by atoms with van der Waals surface area (Å²) in [5.41, 5.74) is 6.86. The van der Waals surface area contributed by atoms with Gasteiger partial charge in [-0.15, -0.1) is 0 Å². The molecule has 8 heteroatoms. The molecule has 27 heavy (non-hydrogen) atoms. The largest absolute Gasteiger partial charge is 0.457 e. The number of nitrogens with one attached hydrogen (secondary N) is 1. The number of nitrogens with two attached hydrogens (primary N) is 1. The molecule has 0 aliphatic carbocycles. The van der Waals surface area contributed by atoms with Gasteiger partial charge in [0, 0.05) is 18.7 Å². The topological polar surface area (TPSA) is 82.2 Å². The molecule has 0 aliphatic rings. The minimum absolute atomic E-state index is 0.202. The van der Waals surface area contributed by atoms with Crippen molar-refractivity contribution in [2.24, 2.45) is 5.73 Å². The number of amides is 1. The molecule has 3 rings (SSSR count). The first-order chi connectivity index (χ1) is 12.9. The lowest BCUT2D eigenvalue weighted by molar-refractivity contribution is -0.119. The molecule has 3 aromatic rings. The number of carbonyl (C=O) groups is 1. The maximum absolute atomic E-state index is 13.4. The quantitative estimate of drug-likeness (QED) is 0.666. The first kappa shape index (κ1) is 18.8. The van der Waals surface area contributed by atoms with Crippen molar-refractivity contribution < 1.29 is 18.3 Å². The van der Waals surface area contributed by atoms with Crippen molar-refractivity contribution in [1.82, 2.24) is 14.9 Å². The van der Waals surface area contributed by atoms with Crippen LogP contribution in [0.15, 0.2) is 36.4 Å². The number of rotatable bonds is 7. The van der Waals surface area contributed by atoms with Gasteiger partial charge in [0.1, 0.15) is 17.3 Å². The van der Waals surface area contributed by atoms with Crippen LogP contribution in [-0.4, -0.2) is 21.5 Å². The number of primary amides is 1. The van der Waals surface area contributed by atoms with E-state index in [1.807, 2.05) is 11.5 Å². The third kappa shape index (κ3) is 4.06. The highest BCUT2D eigenvalue weighted by Crippen LogP contribution is 2.27. The maximum Gasteiger partial charge on any atom is 0.234 e. The van der Waals surface area contributed by atoms with Gasteiger partial charge in [0.05, 0.1) is 23.6 Å². The second kappa shape index (κ2) is 7.71. The van der Waals surface area contributed by atoms with Gasteiger partial charge in [-0.25, -0.2) is 13.8 Å². The van der Waals surface area contributed by atoms with E-state index in [0.717, 1.165) is 29.0 Å². The number of fused-ring (bicyclic) bond motifs is 1. The lowest BCUT2D eigenvalue weighted by atomic mass is 10.3. The van der Waals surface area contributed by atoms with Crippen LogP contribution < -0.4 is 15.8 Å². The third-order valence-corrected chi connectivity index (χ3v) is 4.23. The Bertz CT molecular complexity index is 987. The molecular formula is C19H20F2N4O2. The summed E-state index contributed by atoms with van der Waals surface area (Å²) in [6.45, 7) is 4.71.